The molecule has 0 aromatic heterocycles. The average Bonchev–Trinajstić information content (AvgIpc) is 2.66. The van der Waals surface area contributed by atoms with Crippen molar-refractivity contribution in [1.82, 2.24) is 0 Å². The van der Waals surface area contributed by atoms with Gasteiger partial charge in [0.25, 0.3) is 0 Å². The van der Waals surface area contributed by atoms with Crippen molar-refractivity contribution < 1.29 is 0 Å². The van der Waals surface area contributed by atoms with E-state index in [0.29, 0.717) is 0 Å². The zero-order valence-electron chi connectivity index (χ0n) is 13.8. The maximum Gasteiger partial charge on any atom is 0.0816 e. The fourth-order valence-corrected chi connectivity index (χ4v) is 8.00. The van der Waals surface area contributed by atoms with E-state index in [-0.39, 0.29) is 12.9 Å². The molecule has 4 heteroatoms. The minimum atomic E-state index is -0.182. The third-order valence-electron chi connectivity index (χ3n) is 5.19. The first-order valence-electron chi connectivity index (χ1n) is 8.40. The van der Waals surface area contributed by atoms with Crippen molar-refractivity contribution in [2.75, 3.05) is 0 Å². The van der Waals surface area contributed by atoms with E-state index in [2.05, 4.69) is 137 Å². The Kier molecular flexibility index (Phi) is 5.49. The van der Waals surface area contributed by atoms with E-state index in [9.17, 15) is 0 Å². The predicted octanol–water partition coefficient (Wildman–Crippen LogP) is 6.44. The molecule has 0 spiro atoms. The van der Waals surface area contributed by atoms with Crippen LogP contribution in [-0.2, 0) is 0 Å². The van der Waals surface area contributed by atoms with Crippen LogP contribution in [-0.4, -0.2) is 7.47 Å². The van der Waals surface area contributed by atoms with Gasteiger partial charge in [0.05, 0.1) is 7.47 Å². The Labute approximate surface area is 186 Å². The van der Waals surface area contributed by atoms with Gasteiger partial charge in [-0.3, -0.25) is 0 Å². The molecule has 1 aliphatic carbocycles. The molecule has 3 aromatic carbocycles. The van der Waals surface area contributed by atoms with Crippen LogP contribution in [0.15, 0.2) is 66.7 Å². The highest BCUT2D eigenvalue weighted by molar-refractivity contribution is 9.25. The van der Waals surface area contributed by atoms with E-state index in [0.717, 1.165) is 6.42 Å². The lowest BCUT2D eigenvalue weighted by atomic mass is 9.72. The number of halogens is 4. The van der Waals surface area contributed by atoms with Gasteiger partial charge in [-0.2, -0.15) is 0 Å². The lowest BCUT2D eigenvalue weighted by Crippen LogP contribution is -2.45. The van der Waals surface area contributed by atoms with Gasteiger partial charge in [-0.05, 0) is 38.8 Å². The first kappa shape index (κ1) is 18.9. The Hall–Kier alpha value is -0.420. The van der Waals surface area contributed by atoms with Crippen molar-refractivity contribution >= 4 is 86.1 Å². The zero-order valence-corrected chi connectivity index (χ0v) is 20.1. The number of rotatable bonds is 3. The average molecular weight is 600 g/mol. The summed E-state index contributed by atoms with van der Waals surface area (Å²) >= 11 is 15.5. The van der Waals surface area contributed by atoms with Crippen LogP contribution in [0.25, 0.3) is 22.4 Å². The third-order valence-corrected chi connectivity index (χ3v) is 8.46. The fraction of sp³-hybridized carbons (Fsp3) is 0.182. The van der Waals surface area contributed by atoms with E-state index in [1.807, 2.05) is 0 Å². The second kappa shape index (κ2) is 7.54. The molecule has 0 nitrogen and oxygen atoms in total. The van der Waals surface area contributed by atoms with Crippen LogP contribution in [0.1, 0.15) is 12.0 Å². The van der Waals surface area contributed by atoms with Crippen molar-refractivity contribution in [3.63, 3.8) is 0 Å². The maximum absolute atomic E-state index is 3.86. The molecular weight excluding hydrogens is 584 g/mol. The third kappa shape index (κ3) is 2.97. The summed E-state index contributed by atoms with van der Waals surface area (Å²) in [5.74, 6) is 0. The van der Waals surface area contributed by atoms with Crippen LogP contribution >= 0.6 is 63.7 Å². The van der Waals surface area contributed by atoms with Gasteiger partial charge in [-0.25, -0.2) is 0 Å². The van der Waals surface area contributed by atoms with Crippen molar-refractivity contribution in [3.8, 4) is 0 Å². The second-order valence-electron chi connectivity index (χ2n) is 6.54. The molecule has 132 valence electrons. The van der Waals surface area contributed by atoms with E-state index < -0.39 is 0 Å². The molecular formula is C22H16Br4. The van der Waals surface area contributed by atoms with E-state index in [1.54, 1.807) is 0 Å². The molecule has 0 radical (unpaired) electrons. The molecule has 0 N–H and O–H groups in total. The van der Waals surface area contributed by atoms with Gasteiger partial charge in [0.1, 0.15) is 0 Å². The van der Waals surface area contributed by atoms with Crippen LogP contribution in [0, 0.1) is 5.41 Å². The SMILES string of the molecule is BrC(Br)C1(C(Br)Br)CC=c2ccccc2=C1c1cccc2ccccc12. The standard InChI is InChI=1S/C22H16Br4/c23-20(24)22(21(25)26)13-12-15-7-2-4-10-17(15)19(22)18-11-5-8-14-6-1-3-9-16(14)18/h1-12,20-21H,13H2. The molecule has 0 heterocycles. The van der Waals surface area contributed by atoms with Gasteiger partial charge in [-0.15, -0.1) is 0 Å². The van der Waals surface area contributed by atoms with Gasteiger partial charge >= 0.3 is 0 Å². The van der Waals surface area contributed by atoms with Crippen LogP contribution in [0.2, 0.25) is 0 Å². The van der Waals surface area contributed by atoms with Crippen LogP contribution in [0.3, 0.4) is 0 Å². The summed E-state index contributed by atoms with van der Waals surface area (Å²) in [6, 6.07) is 23.9. The molecule has 0 bridgehead atoms. The second-order valence-corrected chi connectivity index (χ2v) is 12.7. The first-order valence-corrected chi connectivity index (χ1v) is 12.1. The number of hydrogen-bond acceptors (Lipinski definition) is 0. The van der Waals surface area contributed by atoms with Crippen molar-refractivity contribution in [3.05, 3.63) is 82.7 Å². The molecule has 3 aromatic rings. The maximum atomic E-state index is 3.86. The fourth-order valence-electron chi connectivity index (χ4n) is 3.87. The molecule has 0 amide bonds. The van der Waals surface area contributed by atoms with Crippen LogP contribution in [0.5, 0.6) is 0 Å². The normalized spacial score (nSPS) is 16.0. The van der Waals surface area contributed by atoms with Gasteiger partial charge < -0.3 is 0 Å². The zero-order chi connectivity index (χ0) is 18.3. The van der Waals surface area contributed by atoms with Gasteiger partial charge in [-0.1, -0.05) is 137 Å². The molecule has 0 fully saturated rings. The minimum absolute atomic E-state index is 0.102. The van der Waals surface area contributed by atoms with Gasteiger partial charge in [0, 0.05) is 5.41 Å². The Morgan fingerprint density at radius 2 is 1.38 bits per heavy atom. The van der Waals surface area contributed by atoms with E-state index in [4.69, 9.17) is 0 Å². The quantitative estimate of drug-likeness (QED) is 0.304. The van der Waals surface area contributed by atoms with Gasteiger partial charge in [0.15, 0.2) is 0 Å². The molecule has 26 heavy (non-hydrogen) atoms. The smallest absolute Gasteiger partial charge is 0.0756 e. The lowest BCUT2D eigenvalue weighted by molar-refractivity contribution is 0.514. The monoisotopic (exact) mass is 596 g/mol. The van der Waals surface area contributed by atoms with E-state index in [1.165, 1.54) is 32.3 Å². The number of benzene rings is 3. The van der Waals surface area contributed by atoms with Crippen molar-refractivity contribution in [2.24, 2.45) is 5.41 Å². The molecule has 0 saturated heterocycles. The highest BCUT2D eigenvalue weighted by Crippen LogP contribution is 2.54. The molecule has 0 unspecified atom stereocenters. The van der Waals surface area contributed by atoms with E-state index >= 15 is 0 Å². The van der Waals surface area contributed by atoms with Crippen molar-refractivity contribution in [1.29, 1.82) is 0 Å². The molecule has 0 saturated carbocycles. The Balaban J connectivity index is 2.20. The van der Waals surface area contributed by atoms with Crippen LogP contribution < -0.4 is 10.4 Å². The lowest BCUT2D eigenvalue weighted by Gasteiger charge is -2.41. The summed E-state index contributed by atoms with van der Waals surface area (Å²) in [6.07, 6.45) is 3.26. The Bertz CT molecular complexity index is 1070. The highest BCUT2D eigenvalue weighted by atomic mass is 79.9. The Morgan fingerprint density at radius 3 is 2.15 bits per heavy atom. The minimum Gasteiger partial charge on any atom is -0.0756 e. The topological polar surface area (TPSA) is 0 Å². The summed E-state index contributed by atoms with van der Waals surface area (Å²) in [5.41, 5.74) is 2.46. The summed E-state index contributed by atoms with van der Waals surface area (Å²) in [4.78, 5) is 0. The summed E-state index contributed by atoms with van der Waals surface area (Å²) in [6.45, 7) is 0. The largest absolute Gasteiger partial charge is 0.0816 e. The first-order chi connectivity index (χ1) is 12.6. The number of fused-ring (bicyclic) bond motifs is 2. The summed E-state index contributed by atoms with van der Waals surface area (Å²) < 4.78 is 0.203. The van der Waals surface area contributed by atoms with Crippen LogP contribution in [0.4, 0.5) is 0 Å². The summed E-state index contributed by atoms with van der Waals surface area (Å²) in [5, 5.41) is 5.14. The molecule has 1 aliphatic rings. The number of alkyl halides is 4. The van der Waals surface area contributed by atoms with Gasteiger partial charge in [0.2, 0.25) is 0 Å². The molecule has 4 rings (SSSR count). The predicted molar refractivity (Wildman–Crippen MR) is 127 cm³/mol. The molecule has 0 aliphatic heterocycles. The Morgan fingerprint density at radius 1 is 0.731 bits per heavy atom. The number of hydrogen-bond donors (Lipinski definition) is 0. The summed E-state index contributed by atoms with van der Waals surface area (Å²) in [7, 11) is 0. The molecule has 0 atom stereocenters. The van der Waals surface area contributed by atoms with Crippen molar-refractivity contribution in [2.45, 2.75) is 13.9 Å². The highest BCUT2D eigenvalue weighted by Gasteiger charge is 2.46.